The molecule has 7 heteroatoms. The summed E-state index contributed by atoms with van der Waals surface area (Å²) < 4.78 is 27.5. The number of amides is 1. The van der Waals surface area contributed by atoms with Crippen molar-refractivity contribution in [3.05, 3.63) is 30.1 Å². The molecule has 0 radical (unpaired) electrons. The molecule has 0 unspecified atom stereocenters. The van der Waals surface area contributed by atoms with E-state index in [1.165, 1.54) is 10.9 Å². The topological polar surface area (TPSA) is 70.7 Å². The molecule has 2 rings (SSSR count). The number of imidazole rings is 1. The average molecular weight is 264 g/mol. The summed E-state index contributed by atoms with van der Waals surface area (Å²) in [4.78, 5) is 15.4. The fourth-order valence-corrected chi connectivity index (χ4v) is 1.65. The molecule has 0 spiro atoms. The van der Waals surface area contributed by atoms with Gasteiger partial charge in [-0.1, -0.05) is 0 Å². The minimum Gasteiger partial charge on any atom is -0.354 e. The molecule has 1 aromatic carbocycles. The Kier molecular flexibility index (Phi) is 3.71. The number of rotatable bonds is 4. The summed E-state index contributed by atoms with van der Waals surface area (Å²) in [5, 5.41) is 10.9. The summed E-state index contributed by atoms with van der Waals surface area (Å²) in [7, 11) is 0. The zero-order valence-corrected chi connectivity index (χ0v) is 9.86. The molecule has 0 bridgehead atoms. The molecule has 0 aliphatic rings. The molecule has 0 aliphatic carbocycles. The van der Waals surface area contributed by atoms with Crippen molar-refractivity contribution in [2.45, 2.75) is 13.0 Å². The summed E-state index contributed by atoms with van der Waals surface area (Å²) in [6.07, 6.45) is 1.56. The van der Waals surface area contributed by atoms with Crippen molar-refractivity contribution in [3.8, 4) is 6.07 Å². The van der Waals surface area contributed by atoms with Gasteiger partial charge in [0.1, 0.15) is 6.54 Å². The number of carbonyl (C=O) groups is 1. The average Bonchev–Trinajstić information content (AvgIpc) is 2.73. The number of fused-ring (bicyclic) bond motifs is 1. The van der Waals surface area contributed by atoms with Gasteiger partial charge in [0, 0.05) is 18.7 Å². The molecule has 1 amide bonds. The molecular formula is C12H10F2N4O. The molecule has 0 aliphatic heterocycles. The second-order valence-electron chi connectivity index (χ2n) is 3.89. The summed E-state index contributed by atoms with van der Waals surface area (Å²) in [6.45, 7) is 0.192. The Morgan fingerprint density at radius 1 is 1.42 bits per heavy atom. The molecule has 0 saturated heterocycles. The van der Waals surface area contributed by atoms with E-state index in [1.54, 1.807) is 0 Å². The Balaban J connectivity index is 2.15. The zero-order chi connectivity index (χ0) is 13.8. The van der Waals surface area contributed by atoms with Gasteiger partial charge in [0.2, 0.25) is 5.91 Å². The first-order valence-electron chi connectivity index (χ1n) is 5.55. The van der Waals surface area contributed by atoms with Crippen molar-refractivity contribution in [3.63, 3.8) is 0 Å². The lowest BCUT2D eigenvalue weighted by atomic mass is 10.3. The van der Waals surface area contributed by atoms with Crippen molar-refractivity contribution in [2.24, 2.45) is 0 Å². The smallest absolute Gasteiger partial charge is 0.240 e. The van der Waals surface area contributed by atoms with Gasteiger partial charge in [-0.15, -0.1) is 0 Å². The van der Waals surface area contributed by atoms with E-state index in [-0.39, 0.29) is 30.9 Å². The van der Waals surface area contributed by atoms with Gasteiger partial charge >= 0.3 is 0 Å². The third-order valence-electron chi connectivity index (χ3n) is 2.54. The van der Waals surface area contributed by atoms with Crippen LogP contribution in [0, 0.1) is 23.0 Å². The second-order valence-corrected chi connectivity index (χ2v) is 3.89. The van der Waals surface area contributed by atoms with Gasteiger partial charge in [-0.2, -0.15) is 5.26 Å². The Morgan fingerprint density at radius 3 is 2.89 bits per heavy atom. The first-order valence-corrected chi connectivity index (χ1v) is 5.55. The number of aromatic nitrogens is 2. The van der Waals surface area contributed by atoms with Crippen LogP contribution in [0.5, 0.6) is 0 Å². The van der Waals surface area contributed by atoms with E-state index >= 15 is 0 Å². The molecule has 1 aromatic heterocycles. The lowest BCUT2D eigenvalue weighted by Crippen LogP contribution is -2.28. The first kappa shape index (κ1) is 13.0. The number of halogens is 2. The highest BCUT2D eigenvalue weighted by molar-refractivity contribution is 5.80. The molecule has 1 N–H and O–H groups in total. The van der Waals surface area contributed by atoms with Crippen LogP contribution < -0.4 is 5.32 Å². The number of nitrogens with one attached hydrogen (secondary N) is 1. The lowest BCUT2D eigenvalue weighted by Gasteiger charge is -2.05. The molecular weight excluding hydrogens is 254 g/mol. The SMILES string of the molecule is N#CCCNC(=O)Cn1cnc2cc(F)c(F)cc21. The number of hydrogen-bond acceptors (Lipinski definition) is 3. The van der Waals surface area contributed by atoms with Gasteiger partial charge in [0.15, 0.2) is 11.6 Å². The van der Waals surface area contributed by atoms with Crippen LogP contribution in [-0.4, -0.2) is 22.0 Å². The fraction of sp³-hybridized carbons (Fsp3) is 0.250. The van der Waals surface area contributed by atoms with Crippen molar-refractivity contribution in [2.75, 3.05) is 6.54 Å². The van der Waals surface area contributed by atoms with E-state index in [0.29, 0.717) is 5.52 Å². The predicted octanol–water partition coefficient (Wildman–Crippen LogP) is 1.34. The van der Waals surface area contributed by atoms with E-state index in [9.17, 15) is 13.6 Å². The van der Waals surface area contributed by atoms with Gasteiger partial charge in [0.25, 0.3) is 0 Å². The van der Waals surface area contributed by atoms with E-state index in [2.05, 4.69) is 10.3 Å². The highest BCUT2D eigenvalue weighted by atomic mass is 19.2. The maximum Gasteiger partial charge on any atom is 0.240 e. The maximum atomic E-state index is 13.1. The maximum absolute atomic E-state index is 13.1. The third-order valence-corrected chi connectivity index (χ3v) is 2.54. The summed E-state index contributed by atoms with van der Waals surface area (Å²) in [6, 6.07) is 3.88. The standard InChI is InChI=1S/C12H10F2N4O/c13-8-4-10-11(5-9(8)14)18(7-17-10)6-12(19)16-3-1-2-15/h4-5,7H,1,3,6H2,(H,16,19). The van der Waals surface area contributed by atoms with Crippen molar-refractivity contribution in [1.82, 2.24) is 14.9 Å². The summed E-state index contributed by atoms with van der Waals surface area (Å²) in [5.41, 5.74) is 0.623. The largest absolute Gasteiger partial charge is 0.354 e. The third kappa shape index (κ3) is 2.85. The van der Waals surface area contributed by atoms with E-state index in [4.69, 9.17) is 5.26 Å². The van der Waals surface area contributed by atoms with Crippen LogP contribution in [-0.2, 0) is 11.3 Å². The normalized spacial score (nSPS) is 10.4. The van der Waals surface area contributed by atoms with Crippen molar-refractivity contribution in [1.29, 1.82) is 5.26 Å². The van der Waals surface area contributed by atoms with E-state index in [0.717, 1.165) is 12.1 Å². The van der Waals surface area contributed by atoms with Gasteiger partial charge in [-0.25, -0.2) is 13.8 Å². The number of carbonyl (C=O) groups excluding carboxylic acids is 1. The van der Waals surface area contributed by atoms with E-state index < -0.39 is 11.6 Å². The predicted molar refractivity (Wildman–Crippen MR) is 62.9 cm³/mol. The number of nitrogens with zero attached hydrogens (tertiary/aromatic N) is 3. The minimum atomic E-state index is -0.987. The molecule has 0 atom stereocenters. The fourth-order valence-electron chi connectivity index (χ4n) is 1.65. The molecule has 0 fully saturated rings. The number of nitriles is 1. The molecule has 19 heavy (non-hydrogen) atoms. The van der Waals surface area contributed by atoms with E-state index in [1.807, 2.05) is 6.07 Å². The Bertz CT molecular complexity index is 660. The van der Waals surface area contributed by atoms with Gasteiger partial charge in [0.05, 0.1) is 29.9 Å². The van der Waals surface area contributed by atoms with Crippen LogP contribution in [0.15, 0.2) is 18.5 Å². The van der Waals surface area contributed by atoms with Gasteiger partial charge in [-0.3, -0.25) is 4.79 Å². The minimum absolute atomic E-state index is 0.0625. The molecule has 98 valence electrons. The van der Waals surface area contributed by atoms with Crippen LogP contribution in [0.25, 0.3) is 11.0 Å². The Hall–Kier alpha value is -2.49. The summed E-state index contributed by atoms with van der Waals surface area (Å²) >= 11 is 0. The molecule has 1 heterocycles. The van der Waals surface area contributed by atoms with Crippen LogP contribution in [0.4, 0.5) is 8.78 Å². The Morgan fingerprint density at radius 2 is 2.16 bits per heavy atom. The molecule has 2 aromatic rings. The monoisotopic (exact) mass is 264 g/mol. The van der Waals surface area contributed by atoms with Crippen LogP contribution in [0.3, 0.4) is 0 Å². The van der Waals surface area contributed by atoms with Crippen LogP contribution in [0.2, 0.25) is 0 Å². The highest BCUT2D eigenvalue weighted by Gasteiger charge is 2.11. The zero-order valence-electron chi connectivity index (χ0n) is 9.86. The quantitative estimate of drug-likeness (QED) is 0.847. The van der Waals surface area contributed by atoms with Crippen LogP contribution in [0.1, 0.15) is 6.42 Å². The second kappa shape index (κ2) is 5.44. The molecule has 0 saturated carbocycles. The van der Waals surface area contributed by atoms with Gasteiger partial charge < -0.3 is 9.88 Å². The highest BCUT2D eigenvalue weighted by Crippen LogP contribution is 2.17. The summed E-state index contributed by atoms with van der Waals surface area (Å²) in [5.74, 6) is -2.28. The van der Waals surface area contributed by atoms with Gasteiger partial charge in [-0.05, 0) is 0 Å². The number of hydrogen-bond donors (Lipinski definition) is 1. The lowest BCUT2D eigenvalue weighted by molar-refractivity contribution is -0.121. The number of benzene rings is 1. The van der Waals surface area contributed by atoms with Crippen molar-refractivity contribution >= 4 is 16.9 Å². The van der Waals surface area contributed by atoms with Crippen molar-refractivity contribution < 1.29 is 13.6 Å². The first-order chi connectivity index (χ1) is 9.11. The molecule has 5 nitrogen and oxygen atoms in total. The Labute approximate surface area is 107 Å². The van der Waals surface area contributed by atoms with Crippen LogP contribution >= 0.6 is 0 Å².